The summed E-state index contributed by atoms with van der Waals surface area (Å²) in [6.45, 7) is 2.14. The molecule has 0 amide bonds. The van der Waals surface area contributed by atoms with Crippen molar-refractivity contribution in [3.8, 4) is 17.1 Å². The minimum Gasteiger partial charge on any atom is -0.481 e. The van der Waals surface area contributed by atoms with E-state index in [1.54, 1.807) is 42.5 Å². The third-order valence-corrected chi connectivity index (χ3v) is 4.98. The largest absolute Gasteiger partial charge is 0.481 e. The van der Waals surface area contributed by atoms with Crippen molar-refractivity contribution >= 4 is 22.6 Å². The second kappa shape index (κ2) is 8.10. The van der Waals surface area contributed by atoms with Crippen LogP contribution in [0, 0.1) is 5.82 Å². The van der Waals surface area contributed by atoms with Gasteiger partial charge in [-0.1, -0.05) is 36.7 Å². The van der Waals surface area contributed by atoms with Gasteiger partial charge in [0.05, 0.1) is 5.39 Å². The first-order chi connectivity index (χ1) is 14.0. The first kappa shape index (κ1) is 19.2. The summed E-state index contributed by atoms with van der Waals surface area (Å²) in [7, 11) is 0. The number of rotatable bonds is 5. The van der Waals surface area contributed by atoms with Crippen LogP contribution in [0.15, 0.2) is 75.9 Å². The van der Waals surface area contributed by atoms with Crippen LogP contribution < -0.4 is 10.2 Å². The highest BCUT2D eigenvalue weighted by Gasteiger charge is 2.18. The van der Waals surface area contributed by atoms with Crippen molar-refractivity contribution in [1.82, 2.24) is 0 Å². The average Bonchev–Trinajstić information content (AvgIpc) is 2.74. The number of aryl methyl sites for hydroxylation is 1. The fraction of sp³-hybridized carbons (Fsp3) is 0.125. The van der Waals surface area contributed by atoms with Crippen LogP contribution in [0.2, 0.25) is 5.02 Å². The van der Waals surface area contributed by atoms with Gasteiger partial charge in [-0.2, -0.15) is 0 Å². The smallest absolute Gasteiger partial charge is 0.235 e. The molecule has 0 saturated carbocycles. The summed E-state index contributed by atoms with van der Waals surface area (Å²) in [6.07, 6.45) is 0.806. The summed E-state index contributed by atoms with van der Waals surface area (Å²) in [5.74, 6) is 0.135. The van der Waals surface area contributed by atoms with Crippen molar-refractivity contribution in [2.45, 2.75) is 20.0 Å². The number of halogens is 2. The van der Waals surface area contributed by atoms with Crippen molar-refractivity contribution in [2.24, 2.45) is 0 Å². The van der Waals surface area contributed by atoms with Gasteiger partial charge >= 0.3 is 0 Å². The summed E-state index contributed by atoms with van der Waals surface area (Å²) in [6, 6.07) is 18.5. The molecule has 0 aliphatic heterocycles. The fourth-order valence-corrected chi connectivity index (χ4v) is 3.23. The first-order valence-electron chi connectivity index (χ1n) is 9.28. The molecule has 5 heteroatoms. The molecule has 0 unspecified atom stereocenters. The number of ether oxygens (including phenoxy) is 1. The molecule has 29 heavy (non-hydrogen) atoms. The van der Waals surface area contributed by atoms with Crippen LogP contribution in [0.3, 0.4) is 0 Å². The van der Waals surface area contributed by atoms with E-state index in [2.05, 4.69) is 0 Å². The molecule has 1 heterocycles. The van der Waals surface area contributed by atoms with Crippen molar-refractivity contribution in [3.05, 3.63) is 98.9 Å². The minimum atomic E-state index is -0.326. The molecular weight excluding hydrogens is 391 g/mol. The van der Waals surface area contributed by atoms with Gasteiger partial charge < -0.3 is 9.15 Å². The Morgan fingerprint density at radius 3 is 2.34 bits per heavy atom. The highest BCUT2D eigenvalue weighted by atomic mass is 35.5. The third kappa shape index (κ3) is 4.03. The number of fused-ring (bicyclic) bond motifs is 1. The summed E-state index contributed by atoms with van der Waals surface area (Å²) in [5.41, 5.74) is 2.71. The molecule has 0 fully saturated rings. The Morgan fingerprint density at radius 2 is 1.66 bits per heavy atom. The molecule has 0 N–H and O–H groups in total. The van der Waals surface area contributed by atoms with Crippen LogP contribution in [0.25, 0.3) is 22.3 Å². The van der Waals surface area contributed by atoms with Crippen molar-refractivity contribution < 1.29 is 13.5 Å². The Kier molecular flexibility index (Phi) is 5.36. The monoisotopic (exact) mass is 408 g/mol. The van der Waals surface area contributed by atoms with Gasteiger partial charge in [0, 0.05) is 10.6 Å². The molecule has 0 aliphatic carbocycles. The molecule has 146 valence electrons. The van der Waals surface area contributed by atoms with E-state index in [1.807, 2.05) is 19.1 Å². The highest BCUT2D eigenvalue weighted by molar-refractivity contribution is 6.30. The summed E-state index contributed by atoms with van der Waals surface area (Å²) >= 11 is 6.00. The average molecular weight is 409 g/mol. The molecule has 3 aromatic carbocycles. The van der Waals surface area contributed by atoms with Crippen LogP contribution in [0.1, 0.15) is 18.1 Å². The zero-order valence-corrected chi connectivity index (χ0v) is 16.5. The van der Waals surface area contributed by atoms with E-state index >= 15 is 0 Å². The third-order valence-electron chi connectivity index (χ3n) is 4.72. The lowest BCUT2D eigenvalue weighted by Crippen LogP contribution is -2.10. The first-order valence-corrected chi connectivity index (χ1v) is 9.66. The molecule has 3 nitrogen and oxygen atoms in total. The molecule has 0 bridgehead atoms. The maximum Gasteiger partial charge on any atom is 0.235 e. The van der Waals surface area contributed by atoms with Crippen LogP contribution in [0.4, 0.5) is 4.39 Å². The molecule has 0 radical (unpaired) electrons. The predicted octanol–water partition coefficient (Wildman–Crippen LogP) is 6.39. The Hall–Kier alpha value is -3.11. The second-order valence-electron chi connectivity index (χ2n) is 6.70. The number of benzene rings is 3. The van der Waals surface area contributed by atoms with Crippen molar-refractivity contribution in [1.29, 1.82) is 0 Å². The minimum absolute atomic E-state index is 0.116. The molecular formula is C24H18ClFO3. The molecule has 4 rings (SSSR count). The Labute approximate surface area is 172 Å². The zero-order valence-electron chi connectivity index (χ0n) is 15.7. The van der Waals surface area contributed by atoms with E-state index < -0.39 is 0 Å². The molecule has 0 aliphatic rings. The summed E-state index contributed by atoms with van der Waals surface area (Å²) in [5, 5.41) is 1.05. The SMILES string of the molecule is CCc1ccc2oc(-c3ccc(Cl)cc3)c(OCc3ccc(F)cc3)c(=O)c2c1. The lowest BCUT2D eigenvalue weighted by molar-refractivity contribution is 0.297. The molecule has 1 aromatic heterocycles. The van der Waals surface area contributed by atoms with Crippen LogP contribution in [0.5, 0.6) is 5.75 Å². The van der Waals surface area contributed by atoms with Gasteiger partial charge in [-0.25, -0.2) is 4.39 Å². The quantitative estimate of drug-likeness (QED) is 0.384. The van der Waals surface area contributed by atoms with Crippen LogP contribution >= 0.6 is 11.6 Å². The molecule has 0 saturated heterocycles. The second-order valence-corrected chi connectivity index (χ2v) is 7.13. The number of hydrogen-bond donors (Lipinski definition) is 0. The summed E-state index contributed by atoms with van der Waals surface area (Å²) in [4.78, 5) is 13.3. The van der Waals surface area contributed by atoms with E-state index in [4.69, 9.17) is 20.8 Å². The molecule has 0 atom stereocenters. The zero-order chi connectivity index (χ0) is 20.4. The van der Waals surface area contributed by atoms with E-state index in [-0.39, 0.29) is 23.6 Å². The van der Waals surface area contributed by atoms with Crippen molar-refractivity contribution in [3.63, 3.8) is 0 Å². The number of hydrogen-bond acceptors (Lipinski definition) is 3. The highest BCUT2D eigenvalue weighted by Crippen LogP contribution is 2.32. The van der Waals surface area contributed by atoms with Crippen molar-refractivity contribution in [2.75, 3.05) is 0 Å². The van der Waals surface area contributed by atoms with Gasteiger partial charge in [0.2, 0.25) is 11.2 Å². The fourth-order valence-electron chi connectivity index (χ4n) is 3.10. The van der Waals surface area contributed by atoms with Gasteiger partial charge in [-0.05, 0) is 66.1 Å². The van der Waals surface area contributed by atoms with Gasteiger partial charge in [0.15, 0.2) is 5.76 Å². The Balaban J connectivity index is 1.84. The van der Waals surface area contributed by atoms with Gasteiger partial charge in [-0.15, -0.1) is 0 Å². The standard InChI is InChI=1S/C24H18ClFO3/c1-2-15-5-12-21-20(13-15)22(27)24(28-14-16-3-10-19(26)11-4-16)23(29-21)17-6-8-18(25)9-7-17/h3-13H,2,14H2,1H3. The lowest BCUT2D eigenvalue weighted by Gasteiger charge is -2.12. The van der Waals surface area contributed by atoms with Gasteiger partial charge in [0.1, 0.15) is 18.0 Å². The molecule has 0 spiro atoms. The van der Waals surface area contributed by atoms with E-state index in [0.29, 0.717) is 27.3 Å². The van der Waals surface area contributed by atoms with Crippen LogP contribution in [-0.2, 0) is 13.0 Å². The van der Waals surface area contributed by atoms with E-state index in [1.165, 1.54) is 12.1 Å². The normalized spacial score (nSPS) is 11.0. The van der Waals surface area contributed by atoms with Crippen LogP contribution in [-0.4, -0.2) is 0 Å². The topological polar surface area (TPSA) is 39.4 Å². The van der Waals surface area contributed by atoms with Gasteiger partial charge in [-0.3, -0.25) is 4.79 Å². The maximum atomic E-state index is 13.3. The predicted molar refractivity (Wildman–Crippen MR) is 113 cm³/mol. The Bertz CT molecular complexity index is 1210. The summed E-state index contributed by atoms with van der Waals surface area (Å²) < 4.78 is 25.1. The lowest BCUT2D eigenvalue weighted by atomic mass is 10.1. The van der Waals surface area contributed by atoms with E-state index in [0.717, 1.165) is 17.5 Å². The molecule has 4 aromatic rings. The van der Waals surface area contributed by atoms with Gasteiger partial charge in [0.25, 0.3) is 0 Å². The Morgan fingerprint density at radius 1 is 0.966 bits per heavy atom. The maximum absolute atomic E-state index is 13.3. The van der Waals surface area contributed by atoms with E-state index in [9.17, 15) is 9.18 Å².